The van der Waals surface area contributed by atoms with E-state index < -0.39 is 0 Å². The lowest BCUT2D eigenvalue weighted by Gasteiger charge is -2.39. The molecule has 1 aliphatic rings. The van der Waals surface area contributed by atoms with Crippen molar-refractivity contribution >= 4 is 0 Å². The minimum Gasteiger partial charge on any atom is -0.372 e. The first-order valence-electron chi connectivity index (χ1n) is 4.61. The fourth-order valence-corrected chi connectivity index (χ4v) is 1.55. The highest BCUT2D eigenvalue weighted by molar-refractivity contribution is 4.89. The fraction of sp³-hybridized carbons (Fsp3) is 1.00. The third-order valence-electron chi connectivity index (χ3n) is 2.57. The molecule has 0 aromatic heterocycles. The van der Waals surface area contributed by atoms with Gasteiger partial charge in [-0.25, -0.2) is 0 Å². The SMILES string of the molecule is C[C@H]1OC(C(C)(C)N)CC[C@H]1N. The summed E-state index contributed by atoms with van der Waals surface area (Å²) >= 11 is 0. The largest absolute Gasteiger partial charge is 0.372 e. The van der Waals surface area contributed by atoms with Gasteiger partial charge in [0.15, 0.2) is 0 Å². The summed E-state index contributed by atoms with van der Waals surface area (Å²) in [5.41, 5.74) is 11.5. The zero-order chi connectivity index (χ0) is 9.35. The normalized spacial score (nSPS) is 38.2. The molecule has 0 aromatic carbocycles. The molecule has 0 saturated carbocycles. The summed E-state index contributed by atoms with van der Waals surface area (Å²) in [6.07, 6.45) is 2.31. The third kappa shape index (κ3) is 2.19. The van der Waals surface area contributed by atoms with Crippen molar-refractivity contribution in [3.8, 4) is 0 Å². The van der Waals surface area contributed by atoms with Gasteiger partial charge in [0.2, 0.25) is 0 Å². The first-order valence-corrected chi connectivity index (χ1v) is 4.61. The molecule has 12 heavy (non-hydrogen) atoms. The van der Waals surface area contributed by atoms with E-state index >= 15 is 0 Å². The Hall–Kier alpha value is -0.120. The quantitative estimate of drug-likeness (QED) is 0.609. The fourth-order valence-electron chi connectivity index (χ4n) is 1.55. The molecule has 0 bridgehead atoms. The summed E-state index contributed by atoms with van der Waals surface area (Å²) in [5, 5.41) is 0. The van der Waals surface area contributed by atoms with Gasteiger partial charge in [0.05, 0.1) is 12.2 Å². The predicted molar refractivity (Wildman–Crippen MR) is 49.8 cm³/mol. The molecule has 0 aliphatic carbocycles. The molecule has 1 saturated heterocycles. The van der Waals surface area contributed by atoms with Crippen LogP contribution in [0, 0.1) is 0 Å². The molecule has 3 heteroatoms. The first kappa shape index (κ1) is 9.96. The van der Waals surface area contributed by atoms with Crippen LogP contribution < -0.4 is 11.5 Å². The maximum Gasteiger partial charge on any atom is 0.0754 e. The highest BCUT2D eigenvalue weighted by Crippen LogP contribution is 2.24. The van der Waals surface area contributed by atoms with E-state index in [0.29, 0.717) is 0 Å². The van der Waals surface area contributed by atoms with Gasteiger partial charge in [0.25, 0.3) is 0 Å². The lowest BCUT2D eigenvalue weighted by atomic mass is 9.89. The second-order valence-corrected chi connectivity index (χ2v) is 4.39. The van der Waals surface area contributed by atoms with Gasteiger partial charge in [-0.3, -0.25) is 0 Å². The van der Waals surface area contributed by atoms with Crippen LogP contribution in [0.25, 0.3) is 0 Å². The van der Waals surface area contributed by atoms with Gasteiger partial charge >= 0.3 is 0 Å². The zero-order valence-electron chi connectivity index (χ0n) is 8.21. The molecule has 1 unspecified atom stereocenters. The lowest BCUT2D eigenvalue weighted by Crippen LogP contribution is -2.53. The van der Waals surface area contributed by atoms with Crippen molar-refractivity contribution in [1.29, 1.82) is 0 Å². The van der Waals surface area contributed by atoms with E-state index in [0.717, 1.165) is 12.8 Å². The van der Waals surface area contributed by atoms with Crippen LogP contribution in [0.2, 0.25) is 0 Å². The maximum atomic E-state index is 5.95. The van der Waals surface area contributed by atoms with Crippen LogP contribution >= 0.6 is 0 Å². The van der Waals surface area contributed by atoms with Crippen LogP contribution in [-0.2, 0) is 4.74 Å². The summed E-state index contributed by atoms with van der Waals surface area (Å²) in [7, 11) is 0. The number of hydrogen-bond acceptors (Lipinski definition) is 3. The predicted octanol–water partition coefficient (Wildman–Crippen LogP) is 0.619. The average Bonchev–Trinajstić information content (AvgIpc) is 1.92. The van der Waals surface area contributed by atoms with Crippen LogP contribution in [0.4, 0.5) is 0 Å². The van der Waals surface area contributed by atoms with E-state index in [-0.39, 0.29) is 23.8 Å². The molecule has 1 fully saturated rings. The summed E-state index contributed by atoms with van der Waals surface area (Å²) in [6.45, 7) is 6.02. The summed E-state index contributed by atoms with van der Waals surface area (Å²) in [6, 6.07) is 0.184. The van der Waals surface area contributed by atoms with Gasteiger partial charge in [0.1, 0.15) is 0 Å². The van der Waals surface area contributed by atoms with Gasteiger partial charge < -0.3 is 16.2 Å². The van der Waals surface area contributed by atoms with Crippen molar-refractivity contribution in [3.63, 3.8) is 0 Å². The molecule has 1 aliphatic heterocycles. The van der Waals surface area contributed by atoms with Crippen molar-refractivity contribution in [2.75, 3.05) is 0 Å². The van der Waals surface area contributed by atoms with E-state index in [9.17, 15) is 0 Å². The van der Waals surface area contributed by atoms with Crippen molar-refractivity contribution in [2.45, 2.75) is 57.4 Å². The van der Waals surface area contributed by atoms with E-state index in [1.165, 1.54) is 0 Å². The maximum absolute atomic E-state index is 5.95. The lowest BCUT2D eigenvalue weighted by molar-refractivity contribution is -0.0792. The molecule has 0 aromatic rings. The Kier molecular flexibility index (Phi) is 2.76. The van der Waals surface area contributed by atoms with Gasteiger partial charge in [-0.1, -0.05) is 0 Å². The molecule has 72 valence electrons. The molecule has 1 rings (SSSR count). The number of nitrogens with two attached hydrogens (primary N) is 2. The standard InChI is InChI=1S/C9H20N2O/c1-6-7(10)4-5-8(12-6)9(2,3)11/h6-8H,4-5,10-11H2,1-3H3/t6-,7-,8?/m1/s1. The summed E-state index contributed by atoms with van der Waals surface area (Å²) in [5.74, 6) is 0. The zero-order valence-corrected chi connectivity index (χ0v) is 8.21. The molecule has 3 atom stereocenters. The van der Waals surface area contributed by atoms with Crippen molar-refractivity contribution in [1.82, 2.24) is 0 Å². The van der Waals surface area contributed by atoms with Crippen LogP contribution in [-0.4, -0.2) is 23.8 Å². The average molecular weight is 172 g/mol. The molecule has 4 N–H and O–H groups in total. The summed E-state index contributed by atoms with van der Waals surface area (Å²) in [4.78, 5) is 0. The molecule has 0 radical (unpaired) electrons. The summed E-state index contributed by atoms with van der Waals surface area (Å²) < 4.78 is 5.71. The van der Waals surface area contributed by atoms with Gasteiger partial charge in [-0.15, -0.1) is 0 Å². The van der Waals surface area contributed by atoms with E-state index in [2.05, 4.69) is 0 Å². The van der Waals surface area contributed by atoms with Crippen molar-refractivity contribution in [3.05, 3.63) is 0 Å². The second kappa shape index (κ2) is 3.32. The van der Waals surface area contributed by atoms with Crippen LogP contribution in [0.15, 0.2) is 0 Å². The van der Waals surface area contributed by atoms with Gasteiger partial charge in [-0.2, -0.15) is 0 Å². The Bertz CT molecular complexity index is 153. The Labute approximate surface area is 74.4 Å². The Balaban J connectivity index is 2.51. The van der Waals surface area contributed by atoms with Crippen molar-refractivity contribution < 1.29 is 4.74 Å². The van der Waals surface area contributed by atoms with E-state index in [1.54, 1.807) is 0 Å². The number of hydrogen-bond donors (Lipinski definition) is 2. The van der Waals surface area contributed by atoms with Crippen LogP contribution in [0.5, 0.6) is 0 Å². The molecule has 3 nitrogen and oxygen atoms in total. The molecule has 1 heterocycles. The Morgan fingerprint density at radius 1 is 1.33 bits per heavy atom. The number of rotatable bonds is 1. The van der Waals surface area contributed by atoms with Crippen LogP contribution in [0.1, 0.15) is 33.6 Å². The second-order valence-electron chi connectivity index (χ2n) is 4.39. The molecule has 0 amide bonds. The Morgan fingerprint density at radius 3 is 2.33 bits per heavy atom. The smallest absolute Gasteiger partial charge is 0.0754 e. The highest BCUT2D eigenvalue weighted by atomic mass is 16.5. The number of ether oxygens (including phenoxy) is 1. The van der Waals surface area contributed by atoms with Crippen LogP contribution in [0.3, 0.4) is 0 Å². The molecular weight excluding hydrogens is 152 g/mol. The molecule has 0 spiro atoms. The topological polar surface area (TPSA) is 61.3 Å². The molecular formula is C9H20N2O. The highest BCUT2D eigenvalue weighted by Gasteiger charge is 2.33. The van der Waals surface area contributed by atoms with E-state index in [1.807, 2.05) is 20.8 Å². The first-order chi connectivity index (χ1) is 5.41. The van der Waals surface area contributed by atoms with Gasteiger partial charge in [0, 0.05) is 11.6 Å². The minimum absolute atomic E-state index is 0.145. The monoisotopic (exact) mass is 172 g/mol. The van der Waals surface area contributed by atoms with Crippen molar-refractivity contribution in [2.24, 2.45) is 11.5 Å². The minimum atomic E-state index is -0.242. The van der Waals surface area contributed by atoms with E-state index in [4.69, 9.17) is 16.2 Å². The van der Waals surface area contributed by atoms with Gasteiger partial charge in [-0.05, 0) is 33.6 Å². The Morgan fingerprint density at radius 2 is 1.92 bits per heavy atom. The third-order valence-corrected chi connectivity index (χ3v) is 2.57.